The van der Waals surface area contributed by atoms with E-state index < -0.39 is 0 Å². The largest absolute Gasteiger partial charge is 0.492 e. The van der Waals surface area contributed by atoms with Crippen LogP contribution in [0, 0.1) is 5.92 Å². The number of carbonyl (C=O) groups is 1. The van der Waals surface area contributed by atoms with Gasteiger partial charge in [0, 0.05) is 49.7 Å². The van der Waals surface area contributed by atoms with Crippen LogP contribution < -0.4 is 10.1 Å². The summed E-state index contributed by atoms with van der Waals surface area (Å²) < 4.78 is 5.76. The van der Waals surface area contributed by atoms with Gasteiger partial charge in [0.1, 0.15) is 12.4 Å². The number of carbonyl (C=O) groups excluding carboxylic acids is 1. The Labute approximate surface area is 155 Å². The van der Waals surface area contributed by atoms with Crippen molar-refractivity contribution < 1.29 is 9.53 Å². The van der Waals surface area contributed by atoms with E-state index in [4.69, 9.17) is 16.3 Å². The lowest BCUT2D eigenvalue weighted by molar-refractivity contribution is -0.138. The number of nitrogens with zero attached hydrogens (tertiary/aromatic N) is 2. The number of hydrogen-bond acceptors (Lipinski definition) is 4. The lowest BCUT2D eigenvalue weighted by atomic mass is 9.92. The molecule has 138 valence electrons. The van der Waals surface area contributed by atoms with Gasteiger partial charge in [-0.05, 0) is 50.6 Å². The van der Waals surface area contributed by atoms with Gasteiger partial charge < -0.3 is 15.0 Å². The van der Waals surface area contributed by atoms with E-state index in [1.165, 1.54) is 0 Å². The lowest BCUT2D eigenvalue weighted by Crippen LogP contribution is -2.52. The Kier molecular flexibility index (Phi) is 6.57. The minimum Gasteiger partial charge on any atom is -0.492 e. The van der Waals surface area contributed by atoms with E-state index in [0.29, 0.717) is 18.6 Å². The number of hydrogen-bond donors (Lipinski definition) is 1. The van der Waals surface area contributed by atoms with Crippen LogP contribution in [0.2, 0.25) is 5.02 Å². The number of ether oxygens (including phenoxy) is 1. The summed E-state index contributed by atoms with van der Waals surface area (Å²) >= 11 is 5.87. The normalized spacial score (nSPS) is 25.0. The van der Waals surface area contributed by atoms with Crippen LogP contribution in [0.4, 0.5) is 0 Å². The summed E-state index contributed by atoms with van der Waals surface area (Å²) in [6.07, 6.45) is 1.94. The molecular formula is C19H28ClN3O2. The monoisotopic (exact) mass is 365 g/mol. The van der Waals surface area contributed by atoms with E-state index in [1.807, 2.05) is 24.3 Å². The smallest absolute Gasteiger partial charge is 0.225 e. The minimum atomic E-state index is 0.205. The molecule has 1 N–H and O–H groups in total. The fourth-order valence-corrected chi connectivity index (χ4v) is 3.76. The quantitative estimate of drug-likeness (QED) is 0.869. The van der Waals surface area contributed by atoms with E-state index >= 15 is 0 Å². The van der Waals surface area contributed by atoms with Gasteiger partial charge in [-0.1, -0.05) is 11.6 Å². The first-order valence-electron chi connectivity index (χ1n) is 9.25. The van der Waals surface area contributed by atoms with E-state index in [0.717, 1.165) is 62.9 Å². The number of piperazine rings is 1. The Hall–Kier alpha value is -1.30. The molecular weight excluding hydrogens is 338 g/mol. The first kappa shape index (κ1) is 18.5. The molecule has 0 aliphatic carbocycles. The fraction of sp³-hybridized carbons (Fsp3) is 0.632. The van der Waals surface area contributed by atoms with Gasteiger partial charge in [-0.3, -0.25) is 9.69 Å². The van der Waals surface area contributed by atoms with Crippen LogP contribution in [-0.2, 0) is 4.79 Å². The van der Waals surface area contributed by atoms with Gasteiger partial charge in [0.2, 0.25) is 5.91 Å². The van der Waals surface area contributed by atoms with Gasteiger partial charge in [0.05, 0.1) is 0 Å². The Balaban J connectivity index is 1.36. The van der Waals surface area contributed by atoms with Crippen molar-refractivity contribution in [3.63, 3.8) is 0 Å². The predicted molar refractivity (Wildman–Crippen MR) is 100 cm³/mol. The Bertz CT molecular complexity index is 558. The molecule has 25 heavy (non-hydrogen) atoms. The standard InChI is InChI=1S/C19H28ClN3O2/c1-15-14-16(6-7-21-15)19(24)23-10-8-22(9-11-23)12-13-25-18-4-2-17(20)3-5-18/h2-5,15-16,21H,6-14H2,1H3/t15-,16-/m0/s1. The van der Waals surface area contributed by atoms with Crippen LogP contribution in [0.3, 0.4) is 0 Å². The van der Waals surface area contributed by atoms with Crippen molar-refractivity contribution in [1.29, 1.82) is 0 Å². The summed E-state index contributed by atoms with van der Waals surface area (Å²) in [6.45, 7) is 8.18. The zero-order valence-corrected chi connectivity index (χ0v) is 15.7. The average Bonchev–Trinajstić information content (AvgIpc) is 2.63. The molecule has 2 aliphatic heterocycles. The van der Waals surface area contributed by atoms with Gasteiger partial charge in [-0.2, -0.15) is 0 Å². The van der Waals surface area contributed by atoms with E-state index in [-0.39, 0.29) is 5.92 Å². The molecule has 1 aromatic carbocycles. The number of rotatable bonds is 5. The van der Waals surface area contributed by atoms with Crippen LogP contribution >= 0.6 is 11.6 Å². The number of piperidine rings is 1. The van der Waals surface area contributed by atoms with Crippen molar-refractivity contribution >= 4 is 17.5 Å². The highest BCUT2D eigenvalue weighted by atomic mass is 35.5. The number of halogens is 1. The maximum atomic E-state index is 12.7. The van der Waals surface area contributed by atoms with Crippen molar-refractivity contribution in [3.8, 4) is 5.75 Å². The second-order valence-corrected chi connectivity index (χ2v) is 7.48. The predicted octanol–water partition coefficient (Wildman–Crippen LogP) is 2.25. The molecule has 2 aliphatic rings. The van der Waals surface area contributed by atoms with Gasteiger partial charge in [-0.15, -0.1) is 0 Å². The molecule has 2 fully saturated rings. The topological polar surface area (TPSA) is 44.8 Å². The van der Waals surface area contributed by atoms with Crippen LogP contribution in [0.25, 0.3) is 0 Å². The van der Waals surface area contributed by atoms with E-state index in [9.17, 15) is 4.79 Å². The summed E-state index contributed by atoms with van der Waals surface area (Å²) in [5.74, 6) is 1.40. The molecule has 2 saturated heterocycles. The molecule has 0 bridgehead atoms. The highest BCUT2D eigenvalue weighted by molar-refractivity contribution is 6.30. The van der Waals surface area contributed by atoms with Crippen molar-refractivity contribution in [1.82, 2.24) is 15.1 Å². The molecule has 2 atom stereocenters. The Morgan fingerprint density at radius 2 is 1.96 bits per heavy atom. The molecule has 3 rings (SSSR count). The molecule has 1 amide bonds. The van der Waals surface area contributed by atoms with E-state index in [1.54, 1.807) is 0 Å². The third-order valence-corrected chi connectivity index (χ3v) is 5.40. The highest BCUT2D eigenvalue weighted by Crippen LogP contribution is 2.20. The van der Waals surface area contributed by atoms with Crippen molar-refractivity contribution in [3.05, 3.63) is 29.3 Å². The number of benzene rings is 1. The third-order valence-electron chi connectivity index (χ3n) is 5.15. The molecule has 0 aromatic heterocycles. The summed E-state index contributed by atoms with van der Waals surface area (Å²) in [7, 11) is 0. The zero-order chi connectivity index (χ0) is 17.6. The summed E-state index contributed by atoms with van der Waals surface area (Å²) in [5.41, 5.74) is 0. The maximum absolute atomic E-state index is 12.7. The van der Waals surface area contributed by atoms with Crippen molar-refractivity contribution in [2.24, 2.45) is 5.92 Å². The van der Waals surface area contributed by atoms with Crippen molar-refractivity contribution in [2.45, 2.75) is 25.8 Å². The van der Waals surface area contributed by atoms with Crippen LogP contribution in [0.5, 0.6) is 5.75 Å². The molecule has 0 radical (unpaired) electrons. The van der Waals surface area contributed by atoms with Gasteiger partial charge >= 0.3 is 0 Å². The first-order valence-corrected chi connectivity index (χ1v) is 9.62. The summed E-state index contributed by atoms with van der Waals surface area (Å²) in [4.78, 5) is 17.1. The van der Waals surface area contributed by atoms with Gasteiger partial charge in [0.25, 0.3) is 0 Å². The molecule has 0 saturated carbocycles. The number of amides is 1. The van der Waals surface area contributed by atoms with Crippen molar-refractivity contribution in [2.75, 3.05) is 45.9 Å². The molecule has 1 aromatic rings. The number of nitrogens with one attached hydrogen (secondary N) is 1. The fourth-order valence-electron chi connectivity index (χ4n) is 3.63. The second kappa shape index (κ2) is 8.88. The lowest BCUT2D eigenvalue weighted by Gasteiger charge is -2.38. The average molecular weight is 366 g/mol. The van der Waals surface area contributed by atoms with Crippen LogP contribution in [0.1, 0.15) is 19.8 Å². The Morgan fingerprint density at radius 1 is 1.24 bits per heavy atom. The SMILES string of the molecule is C[C@H]1C[C@@H](C(=O)N2CCN(CCOc3ccc(Cl)cc3)CC2)CCN1. The van der Waals surface area contributed by atoms with Crippen LogP contribution in [-0.4, -0.2) is 67.6 Å². The maximum Gasteiger partial charge on any atom is 0.225 e. The van der Waals surface area contributed by atoms with Gasteiger partial charge in [0.15, 0.2) is 0 Å². The molecule has 2 heterocycles. The highest BCUT2D eigenvalue weighted by Gasteiger charge is 2.30. The molecule has 0 unspecified atom stereocenters. The third kappa shape index (κ3) is 5.33. The molecule has 6 heteroatoms. The van der Waals surface area contributed by atoms with Crippen LogP contribution in [0.15, 0.2) is 24.3 Å². The van der Waals surface area contributed by atoms with E-state index in [2.05, 4.69) is 22.0 Å². The summed E-state index contributed by atoms with van der Waals surface area (Å²) in [5, 5.41) is 4.14. The second-order valence-electron chi connectivity index (χ2n) is 7.05. The molecule has 0 spiro atoms. The zero-order valence-electron chi connectivity index (χ0n) is 14.9. The molecule has 5 nitrogen and oxygen atoms in total. The van der Waals surface area contributed by atoms with Gasteiger partial charge in [-0.25, -0.2) is 0 Å². The summed E-state index contributed by atoms with van der Waals surface area (Å²) in [6, 6.07) is 7.90. The first-order chi connectivity index (χ1) is 12.1. The Morgan fingerprint density at radius 3 is 2.64 bits per heavy atom. The minimum absolute atomic E-state index is 0.205.